The topological polar surface area (TPSA) is 178 Å². The van der Waals surface area contributed by atoms with Crippen molar-refractivity contribution in [2.75, 3.05) is 26.4 Å². The quantitative estimate of drug-likeness (QED) is 0.0197. The van der Waals surface area contributed by atoms with Crippen molar-refractivity contribution in [3.05, 3.63) is 134 Å². The number of ether oxygens (including phenoxy) is 4. The number of hydrogen-bond acceptors (Lipinski definition) is 11. The van der Waals surface area contributed by atoms with Crippen LogP contribution in [0.4, 0.5) is 0 Å². The van der Waals surface area contributed by atoms with E-state index in [-0.39, 0.29) is 19.6 Å². The van der Waals surface area contributed by atoms with E-state index < -0.39 is 59.8 Å². The molecule has 13 heteroatoms. The molecule has 0 aliphatic carbocycles. The number of allylic oxidation sites excluding steroid dienone is 22. The Balaban J connectivity index is 2.38. The molecule has 0 bridgehead atoms. The third-order valence-corrected chi connectivity index (χ3v) is 12.2. The van der Waals surface area contributed by atoms with Crippen LogP contribution in [0.3, 0.4) is 0 Å². The molecule has 0 amide bonds. The fourth-order valence-corrected chi connectivity index (χ4v) is 8.15. The Morgan fingerprint density at radius 3 is 1.30 bits per heavy atom. The Morgan fingerprint density at radius 2 is 0.892 bits per heavy atom. The average molecular weight is 1060 g/mol. The molecule has 1 heterocycles. The molecule has 0 aromatic heterocycles. The molecule has 0 saturated carbocycles. The van der Waals surface area contributed by atoms with Gasteiger partial charge in [-0.05, 0) is 109 Å². The average Bonchev–Trinajstić information content (AvgIpc) is 3.38. The van der Waals surface area contributed by atoms with Crippen LogP contribution < -0.4 is 0 Å². The second kappa shape index (κ2) is 50.1. The van der Waals surface area contributed by atoms with E-state index in [1.54, 1.807) is 0 Å². The van der Waals surface area contributed by atoms with Crippen molar-refractivity contribution in [2.24, 2.45) is 0 Å². The summed E-state index contributed by atoms with van der Waals surface area (Å²) in [7, 11) is -5.08. The maximum Gasteiger partial charge on any atom is 0.397 e. The van der Waals surface area contributed by atoms with Crippen LogP contribution in [0.2, 0.25) is 0 Å². The van der Waals surface area contributed by atoms with Crippen molar-refractivity contribution >= 4 is 16.4 Å². The molecule has 6 atom stereocenters. The summed E-state index contributed by atoms with van der Waals surface area (Å²) in [6.45, 7) is 3.64. The Bertz CT molecular complexity index is 1790. The van der Waals surface area contributed by atoms with Crippen LogP contribution in [0, 0.1) is 0 Å². The summed E-state index contributed by atoms with van der Waals surface area (Å²) < 4.78 is 59.3. The fourth-order valence-electron chi connectivity index (χ4n) is 7.64. The third kappa shape index (κ3) is 42.5. The molecular formula is C61H98O12S. The first-order chi connectivity index (χ1) is 36.1. The molecule has 6 unspecified atom stereocenters. The Kier molecular flexibility index (Phi) is 46.2. The first-order valence-corrected chi connectivity index (χ1v) is 29.3. The van der Waals surface area contributed by atoms with E-state index in [2.05, 4.69) is 152 Å². The lowest BCUT2D eigenvalue weighted by Crippen LogP contribution is -2.60. The standard InChI is InChI=1S/C61H98O12S/c1-3-5-7-9-11-13-15-17-19-21-23-25-27-29-31-33-35-37-39-41-43-45-47-49-51-69-53-55(54-70-61-59(65)60(73-74(66,67)68)58(64)56(52-62)72-61)71-57(63)50-48-46-44-42-40-38-36-34-32-30-28-26-24-22-20-18-16-14-12-10-8-6-4-2/h5-8,11-14,17-20,23-26,29,31,35,37,41,43,55-56,58-62,64-65H,3-4,9-10,15-16,21-22,27-28,30,32-34,36,38-40,42,44-54H2,1-2H3,(H,66,67,68)/b7-5-,8-6-,13-11-,14-12-,19-17-,20-18-,25-23-,26-24-,31-29-,37-35-,43-41-. The minimum atomic E-state index is -5.08. The van der Waals surface area contributed by atoms with Gasteiger partial charge < -0.3 is 34.3 Å². The molecule has 0 spiro atoms. The molecule has 4 N–H and O–H groups in total. The smallest absolute Gasteiger partial charge is 0.397 e. The molecule has 1 fully saturated rings. The van der Waals surface area contributed by atoms with Crippen molar-refractivity contribution in [3.63, 3.8) is 0 Å². The van der Waals surface area contributed by atoms with Crippen LogP contribution in [0.5, 0.6) is 0 Å². The van der Waals surface area contributed by atoms with Gasteiger partial charge in [-0.15, -0.1) is 0 Å². The van der Waals surface area contributed by atoms with Crippen molar-refractivity contribution < 1.29 is 56.2 Å². The molecule has 0 aromatic rings. The summed E-state index contributed by atoms with van der Waals surface area (Å²) in [4.78, 5) is 13.0. The van der Waals surface area contributed by atoms with Crippen LogP contribution >= 0.6 is 0 Å². The first-order valence-electron chi connectivity index (χ1n) is 27.9. The number of aliphatic hydroxyl groups excluding tert-OH is 3. The summed E-state index contributed by atoms with van der Waals surface area (Å²) in [6.07, 6.45) is 64.8. The largest absolute Gasteiger partial charge is 0.457 e. The zero-order valence-electron chi connectivity index (χ0n) is 45.3. The number of carbonyl (C=O) groups excluding carboxylic acids is 1. The summed E-state index contributed by atoms with van der Waals surface area (Å²) >= 11 is 0. The second-order valence-corrected chi connectivity index (χ2v) is 19.5. The van der Waals surface area contributed by atoms with Crippen LogP contribution in [0.1, 0.15) is 181 Å². The van der Waals surface area contributed by atoms with Gasteiger partial charge in [0.05, 0.1) is 19.8 Å². The lowest BCUT2D eigenvalue weighted by Gasteiger charge is -2.41. The highest BCUT2D eigenvalue weighted by Crippen LogP contribution is 2.26. The number of unbranched alkanes of at least 4 members (excludes halogenated alkanes) is 12. The molecular weight excluding hydrogens is 957 g/mol. The van der Waals surface area contributed by atoms with Gasteiger partial charge in [-0.3, -0.25) is 9.35 Å². The van der Waals surface area contributed by atoms with Gasteiger partial charge in [0.1, 0.15) is 30.5 Å². The number of esters is 1. The van der Waals surface area contributed by atoms with Gasteiger partial charge in [-0.2, -0.15) is 8.42 Å². The van der Waals surface area contributed by atoms with Crippen molar-refractivity contribution in [3.8, 4) is 0 Å². The molecule has 74 heavy (non-hydrogen) atoms. The van der Waals surface area contributed by atoms with Crippen LogP contribution in [-0.2, 0) is 38.3 Å². The summed E-state index contributed by atoms with van der Waals surface area (Å²) in [5, 5.41) is 30.8. The third-order valence-electron chi connectivity index (χ3n) is 11.8. The highest BCUT2D eigenvalue weighted by molar-refractivity contribution is 7.80. The monoisotopic (exact) mass is 1050 g/mol. The van der Waals surface area contributed by atoms with E-state index in [4.69, 9.17) is 18.9 Å². The van der Waals surface area contributed by atoms with E-state index in [1.165, 1.54) is 38.5 Å². The van der Waals surface area contributed by atoms with E-state index in [1.807, 2.05) is 0 Å². The molecule has 1 rings (SSSR count). The van der Waals surface area contributed by atoms with Gasteiger partial charge in [0.25, 0.3) is 0 Å². The van der Waals surface area contributed by atoms with E-state index >= 15 is 0 Å². The number of hydrogen-bond donors (Lipinski definition) is 4. The molecule has 1 aliphatic rings. The molecule has 1 saturated heterocycles. The number of carbonyl (C=O) groups is 1. The van der Waals surface area contributed by atoms with E-state index in [9.17, 15) is 33.1 Å². The van der Waals surface area contributed by atoms with Crippen molar-refractivity contribution in [2.45, 2.75) is 218 Å². The zero-order chi connectivity index (χ0) is 53.8. The normalized spacial score (nSPS) is 19.8. The van der Waals surface area contributed by atoms with Crippen LogP contribution in [-0.4, -0.2) is 97.5 Å². The van der Waals surface area contributed by atoms with Gasteiger partial charge in [-0.25, -0.2) is 4.18 Å². The highest BCUT2D eigenvalue weighted by Gasteiger charge is 2.48. The Labute approximate surface area is 448 Å². The minimum absolute atomic E-state index is 0.00544. The number of rotatable bonds is 47. The predicted octanol–water partition coefficient (Wildman–Crippen LogP) is 13.9. The zero-order valence-corrected chi connectivity index (χ0v) is 46.2. The first kappa shape index (κ1) is 68.3. The van der Waals surface area contributed by atoms with Crippen molar-refractivity contribution in [1.82, 2.24) is 0 Å². The SMILES string of the molecule is CC/C=C\C/C=C\C/C=C\C/C=C\C/C=C\C/C=C\C/C=C\CCCCOCC(COC1OC(CO)C(O)C(OS(=O)(=O)O)C1O)OC(=O)CCCCCCCCCCCC/C=C\C/C=C\C/C=C\C/C=C\CC. The summed E-state index contributed by atoms with van der Waals surface area (Å²) in [5.74, 6) is -0.425. The molecule has 0 aromatic carbocycles. The fraction of sp³-hybridized carbons (Fsp3) is 0.623. The van der Waals surface area contributed by atoms with Gasteiger partial charge in [0, 0.05) is 13.0 Å². The molecule has 12 nitrogen and oxygen atoms in total. The second-order valence-electron chi connectivity index (χ2n) is 18.4. The minimum Gasteiger partial charge on any atom is -0.457 e. The highest BCUT2D eigenvalue weighted by atomic mass is 32.3. The van der Waals surface area contributed by atoms with Crippen molar-refractivity contribution in [1.29, 1.82) is 0 Å². The maximum absolute atomic E-state index is 13.0. The summed E-state index contributed by atoms with van der Waals surface area (Å²) in [6, 6.07) is 0. The predicted molar refractivity (Wildman–Crippen MR) is 303 cm³/mol. The molecule has 0 radical (unpaired) electrons. The maximum atomic E-state index is 13.0. The van der Waals surface area contributed by atoms with Gasteiger partial charge in [0.2, 0.25) is 0 Å². The lowest BCUT2D eigenvalue weighted by molar-refractivity contribution is -0.301. The van der Waals surface area contributed by atoms with Gasteiger partial charge >= 0.3 is 16.4 Å². The Morgan fingerprint density at radius 1 is 0.514 bits per heavy atom. The van der Waals surface area contributed by atoms with Gasteiger partial charge in [0.15, 0.2) is 6.29 Å². The molecule has 1 aliphatic heterocycles. The summed E-state index contributed by atoms with van der Waals surface area (Å²) in [5.41, 5.74) is 0. The van der Waals surface area contributed by atoms with Gasteiger partial charge in [-0.1, -0.05) is 199 Å². The van der Waals surface area contributed by atoms with Crippen LogP contribution in [0.25, 0.3) is 0 Å². The van der Waals surface area contributed by atoms with Crippen LogP contribution in [0.15, 0.2) is 134 Å². The Hall–Kier alpha value is -3.76. The molecule has 420 valence electrons. The van der Waals surface area contributed by atoms with E-state index in [0.717, 1.165) is 116 Å². The van der Waals surface area contributed by atoms with E-state index in [0.29, 0.717) is 13.0 Å². The number of aliphatic hydroxyl groups is 3. The lowest BCUT2D eigenvalue weighted by atomic mass is 9.99.